The Balaban J connectivity index is 1.43. The third-order valence-electron chi connectivity index (χ3n) is 5.80. The molecule has 1 saturated heterocycles. The first-order chi connectivity index (χ1) is 14.9. The lowest BCUT2D eigenvalue weighted by Gasteiger charge is -2.32. The number of anilines is 1. The fourth-order valence-corrected chi connectivity index (χ4v) is 3.96. The van der Waals surface area contributed by atoms with Crippen LogP contribution in [0.2, 0.25) is 0 Å². The molecule has 31 heavy (non-hydrogen) atoms. The van der Waals surface area contributed by atoms with Crippen molar-refractivity contribution in [1.82, 2.24) is 19.9 Å². The van der Waals surface area contributed by atoms with Crippen molar-refractivity contribution < 1.29 is 9.53 Å². The minimum Gasteiger partial charge on any atom is -0.497 e. The zero-order valence-electron chi connectivity index (χ0n) is 18.1. The number of aromatic nitrogens is 3. The molecule has 1 amide bonds. The summed E-state index contributed by atoms with van der Waals surface area (Å²) in [5, 5.41) is 0.487. The normalized spacial score (nSPS) is 14.6. The van der Waals surface area contributed by atoms with Gasteiger partial charge in [-0.05, 0) is 36.6 Å². The second-order valence-corrected chi connectivity index (χ2v) is 8.10. The van der Waals surface area contributed by atoms with E-state index in [9.17, 15) is 9.59 Å². The maximum Gasteiger partial charge on any atom is 0.259 e. The number of ether oxygens (including phenoxy) is 1. The Morgan fingerprint density at radius 2 is 1.94 bits per heavy atom. The van der Waals surface area contributed by atoms with E-state index in [1.165, 1.54) is 0 Å². The van der Waals surface area contributed by atoms with Gasteiger partial charge in [0.2, 0.25) is 11.9 Å². The molecular weight excluding hydrogens is 394 g/mol. The van der Waals surface area contributed by atoms with E-state index in [4.69, 9.17) is 4.74 Å². The van der Waals surface area contributed by atoms with E-state index < -0.39 is 0 Å². The Labute approximate surface area is 180 Å². The summed E-state index contributed by atoms with van der Waals surface area (Å²) >= 11 is 0. The highest BCUT2D eigenvalue weighted by atomic mass is 16.5. The molecule has 0 saturated carbocycles. The lowest BCUT2D eigenvalue weighted by molar-refractivity contribution is -0.131. The molecule has 8 heteroatoms. The van der Waals surface area contributed by atoms with Crippen LogP contribution in [0.1, 0.15) is 30.0 Å². The lowest BCUT2D eigenvalue weighted by atomic mass is 9.92. The number of carbonyl (C=O) groups is 1. The number of methoxy groups -OCH3 is 1. The zero-order chi connectivity index (χ0) is 22.0. The number of hydrogen-bond acceptors (Lipinski definition) is 6. The number of H-pyrrole nitrogens is 1. The van der Waals surface area contributed by atoms with Crippen molar-refractivity contribution in [3.63, 3.8) is 0 Å². The van der Waals surface area contributed by atoms with Crippen LogP contribution in [0, 0.1) is 0 Å². The van der Waals surface area contributed by atoms with Crippen molar-refractivity contribution in [1.29, 1.82) is 0 Å². The van der Waals surface area contributed by atoms with Crippen molar-refractivity contribution in [2.75, 3.05) is 39.2 Å². The van der Waals surface area contributed by atoms with Gasteiger partial charge in [0.1, 0.15) is 5.75 Å². The van der Waals surface area contributed by atoms with E-state index >= 15 is 0 Å². The Kier molecular flexibility index (Phi) is 5.88. The average molecular weight is 422 g/mol. The van der Waals surface area contributed by atoms with E-state index in [-0.39, 0.29) is 17.4 Å². The largest absolute Gasteiger partial charge is 0.497 e. The maximum atomic E-state index is 12.7. The van der Waals surface area contributed by atoms with Crippen LogP contribution in [0.15, 0.2) is 41.3 Å². The van der Waals surface area contributed by atoms with E-state index in [0.717, 1.165) is 29.8 Å². The highest BCUT2D eigenvalue weighted by molar-refractivity contribution is 5.79. The van der Waals surface area contributed by atoms with Gasteiger partial charge in [-0.3, -0.25) is 9.59 Å². The minimum absolute atomic E-state index is 0.124. The highest BCUT2D eigenvalue weighted by Gasteiger charge is 2.25. The molecule has 8 nitrogen and oxygen atoms in total. The summed E-state index contributed by atoms with van der Waals surface area (Å²) < 4.78 is 5.17. The number of hydrogen-bond donors (Lipinski definition) is 1. The summed E-state index contributed by atoms with van der Waals surface area (Å²) in [6.07, 6.45) is 3.56. The molecule has 4 rings (SSSR count). The molecule has 1 aliphatic heterocycles. The number of nitrogens with zero attached hydrogens (tertiary/aromatic N) is 4. The van der Waals surface area contributed by atoms with Gasteiger partial charge in [0.15, 0.2) is 0 Å². The SMILES string of the molecule is COc1ccc(CC(=O)N2CCC(c3cc4nc(N(C)C)ncc4c(=O)[nH]3)CC2)cc1. The zero-order valence-corrected chi connectivity index (χ0v) is 18.1. The molecule has 1 fully saturated rings. The van der Waals surface area contributed by atoms with Gasteiger partial charge in [-0.2, -0.15) is 0 Å². The minimum atomic E-state index is -0.171. The standard InChI is InChI=1S/C23H27N5O3/c1-27(2)23-24-14-18-20(26-23)13-19(25-22(18)30)16-8-10-28(11-9-16)21(29)12-15-4-6-17(31-3)7-5-15/h4-7,13-14,16H,8-12H2,1-3H3,(H,25,30). The third kappa shape index (κ3) is 4.52. The van der Waals surface area contributed by atoms with Crippen molar-refractivity contribution in [2.24, 2.45) is 0 Å². The van der Waals surface area contributed by atoms with Crippen molar-refractivity contribution in [3.05, 3.63) is 58.1 Å². The van der Waals surface area contributed by atoms with Crippen molar-refractivity contribution >= 4 is 22.8 Å². The first kappa shape index (κ1) is 20.8. The van der Waals surface area contributed by atoms with Gasteiger partial charge in [-0.15, -0.1) is 0 Å². The number of aromatic amines is 1. The lowest BCUT2D eigenvalue weighted by Crippen LogP contribution is -2.39. The van der Waals surface area contributed by atoms with Crippen LogP contribution >= 0.6 is 0 Å². The number of pyridine rings is 1. The molecule has 0 unspecified atom stereocenters. The Morgan fingerprint density at radius 3 is 2.58 bits per heavy atom. The molecule has 0 bridgehead atoms. The number of carbonyl (C=O) groups excluding carboxylic acids is 1. The average Bonchev–Trinajstić information content (AvgIpc) is 2.79. The Bertz CT molecular complexity index is 1130. The first-order valence-corrected chi connectivity index (χ1v) is 10.4. The number of amides is 1. The van der Waals surface area contributed by atoms with Crippen LogP contribution in [0.5, 0.6) is 5.75 Å². The summed E-state index contributed by atoms with van der Waals surface area (Å²) in [7, 11) is 5.36. The van der Waals surface area contributed by atoms with Crippen LogP contribution in [-0.4, -0.2) is 60.1 Å². The first-order valence-electron chi connectivity index (χ1n) is 10.4. The van der Waals surface area contributed by atoms with E-state index in [2.05, 4.69) is 15.0 Å². The highest BCUT2D eigenvalue weighted by Crippen LogP contribution is 2.28. The molecule has 1 aromatic carbocycles. The number of rotatable bonds is 5. The predicted octanol–water partition coefficient (Wildman–Crippen LogP) is 2.34. The van der Waals surface area contributed by atoms with Gasteiger partial charge in [-0.25, -0.2) is 9.97 Å². The molecule has 1 aliphatic rings. The van der Waals surface area contributed by atoms with Crippen LogP contribution in [0.3, 0.4) is 0 Å². The predicted molar refractivity (Wildman–Crippen MR) is 120 cm³/mol. The van der Waals surface area contributed by atoms with Crippen LogP contribution in [0.4, 0.5) is 5.95 Å². The number of benzene rings is 1. The smallest absolute Gasteiger partial charge is 0.259 e. The molecule has 3 aromatic rings. The molecule has 0 atom stereocenters. The van der Waals surface area contributed by atoms with Crippen LogP contribution in [-0.2, 0) is 11.2 Å². The van der Waals surface area contributed by atoms with Crippen LogP contribution < -0.4 is 15.2 Å². The number of nitrogens with one attached hydrogen (secondary N) is 1. The number of fused-ring (bicyclic) bond motifs is 1. The number of piperidine rings is 1. The fraction of sp³-hybridized carbons (Fsp3) is 0.391. The summed E-state index contributed by atoms with van der Waals surface area (Å²) in [6, 6.07) is 9.54. The molecular formula is C23H27N5O3. The van der Waals surface area contributed by atoms with Gasteiger partial charge in [-0.1, -0.05) is 12.1 Å². The third-order valence-corrected chi connectivity index (χ3v) is 5.80. The molecule has 1 N–H and O–H groups in total. The van der Waals surface area contributed by atoms with E-state index in [0.29, 0.717) is 36.4 Å². The summed E-state index contributed by atoms with van der Waals surface area (Å²) in [6.45, 7) is 1.35. The van der Waals surface area contributed by atoms with Gasteiger partial charge in [0, 0.05) is 45.0 Å². The summed E-state index contributed by atoms with van der Waals surface area (Å²) in [5.74, 6) is 1.67. The number of likely N-dealkylation sites (tertiary alicyclic amines) is 1. The summed E-state index contributed by atoms with van der Waals surface area (Å²) in [5.41, 5.74) is 2.33. The molecule has 2 aromatic heterocycles. The molecule has 0 spiro atoms. The topological polar surface area (TPSA) is 91.4 Å². The van der Waals surface area contributed by atoms with Gasteiger partial charge in [0.25, 0.3) is 5.56 Å². The van der Waals surface area contributed by atoms with Crippen molar-refractivity contribution in [2.45, 2.75) is 25.2 Å². The second kappa shape index (κ2) is 8.75. The van der Waals surface area contributed by atoms with E-state index in [1.54, 1.807) is 13.3 Å². The summed E-state index contributed by atoms with van der Waals surface area (Å²) in [4.78, 5) is 40.7. The van der Waals surface area contributed by atoms with Crippen molar-refractivity contribution in [3.8, 4) is 5.75 Å². The van der Waals surface area contributed by atoms with E-state index in [1.807, 2.05) is 54.2 Å². The monoisotopic (exact) mass is 421 g/mol. The molecule has 0 radical (unpaired) electrons. The Hall–Kier alpha value is -3.42. The molecule has 0 aliphatic carbocycles. The van der Waals surface area contributed by atoms with Gasteiger partial charge in [0.05, 0.1) is 24.4 Å². The van der Waals surface area contributed by atoms with Crippen LogP contribution in [0.25, 0.3) is 10.9 Å². The fourth-order valence-electron chi connectivity index (χ4n) is 3.96. The molecule has 162 valence electrons. The van der Waals surface area contributed by atoms with Gasteiger partial charge >= 0.3 is 0 Å². The van der Waals surface area contributed by atoms with Gasteiger partial charge < -0.3 is 19.5 Å². The Morgan fingerprint density at radius 1 is 1.23 bits per heavy atom. The quantitative estimate of drug-likeness (QED) is 0.680. The molecule has 3 heterocycles. The maximum absolute atomic E-state index is 12.7. The second-order valence-electron chi connectivity index (χ2n) is 8.10.